The normalized spacial score (nSPS) is 14.5. The van der Waals surface area contributed by atoms with Crippen LogP contribution in [0.3, 0.4) is 0 Å². The number of halogens is 1. The maximum atomic E-state index is 14.3. The fraction of sp³-hybridized carbons (Fsp3) is 0.261. The predicted molar refractivity (Wildman–Crippen MR) is 132 cm³/mol. The average Bonchev–Trinajstić information content (AvgIpc) is 3.42. The van der Waals surface area contributed by atoms with Gasteiger partial charge in [0.25, 0.3) is 5.19 Å². The number of pyridine rings is 1. The Balaban J connectivity index is 1.25. The lowest BCUT2D eigenvalue weighted by atomic mass is 10.1. The third kappa shape index (κ3) is 4.53. The molecule has 0 aliphatic carbocycles. The molecule has 8 nitrogen and oxygen atoms in total. The van der Waals surface area contributed by atoms with Crippen LogP contribution in [0, 0.1) is 5.95 Å². The summed E-state index contributed by atoms with van der Waals surface area (Å²) in [4.78, 5) is 19.9. The molecule has 0 radical (unpaired) electrons. The van der Waals surface area contributed by atoms with Gasteiger partial charge in [-0.25, -0.2) is 24.5 Å². The Hall–Kier alpha value is -3.31. The largest absolute Gasteiger partial charge is 0.461 e. The number of aromatic nitrogens is 6. The van der Waals surface area contributed by atoms with Gasteiger partial charge in [-0.1, -0.05) is 13.0 Å². The Bertz CT molecular complexity index is 1350. The number of nitrogens with zero attached hydrogens (tertiary/aromatic N) is 7. The molecule has 4 aromatic rings. The zero-order valence-electron chi connectivity index (χ0n) is 18.8. The second-order valence-electron chi connectivity index (χ2n) is 7.59. The fourth-order valence-electron chi connectivity index (χ4n) is 3.44. The third-order valence-electron chi connectivity index (χ3n) is 5.41. The smallest absolute Gasteiger partial charge is 0.294 e. The first-order chi connectivity index (χ1) is 16.5. The van der Waals surface area contributed by atoms with Crippen molar-refractivity contribution in [2.24, 2.45) is 0 Å². The van der Waals surface area contributed by atoms with Crippen molar-refractivity contribution in [2.45, 2.75) is 31.4 Å². The number of imidazole rings is 1. The molecule has 0 bridgehead atoms. The molecule has 0 amide bonds. The molecular weight excluding hydrogens is 473 g/mol. The molecule has 0 saturated carbocycles. The van der Waals surface area contributed by atoms with Gasteiger partial charge in [0.2, 0.25) is 16.9 Å². The van der Waals surface area contributed by atoms with Crippen molar-refractivity contribution in [3.63, 3.8) is 0 Å². The number of thioether (sulfide) groups is 1. The van der Waals surface area contributed by atoms with E-state index in [-0.39, 0.29) is 6.10 Å². The minimum atomic E-state index is -0.542. The Morgan fingerprint density at radius 2 is 2.06 bits per heavy atom. The quantitative estimate of drug-likeness (QED) is 0.267. The van der Waals surface area contributed by atoms with E-state index in [2.05, 4.69) is 38.0 Å². The molecule has 0 unspecified atom stereocenters. The van der Waals surface area contributed by atoms with Crippen molar-refractivity contribution in [1.29, 1.82) is 0 Å². The molecule has 0 aromatic carbocycles. The first-order valence-electron chi connectivity index (χ1n) is 10.7. The first kappa shape index (κ1) is 22.5. The lowest BCUT2D eigenvalue weighted by Crippen LogP contribution is -2.24. The van der Waals surface area contributed by atoms with Crippen LogP contribution in [0.1, 0.15) is 19.4 Å². The lowest BCUT2D eigenvalue weighted by molar-refractivity contribution is 0.256. The van der Waals surface area contributed by atoms with Crippen LogP contribution in [-0.4, -0.2) is 48.5 Å². The Morgan fingerprint density at radius 1 is 1.24 bits per heavy atom. The second kappa shape index (κ2) is 9.51. The average molecular weight is 496 g/mol. The first-order valence-corrected chi connectivity index (χ1v) is 12.8. The summed E-state index contributed by atoms with van der Waals surface area (Å²) in [6, 6.07) is 3.47. The van der Waals surface area contributed by atoms with Crippen LogP contribution < -0.4 is 9.64 Å². The summed E-state index contributed by atoms with van der Waals surface area (Å²) >= 11 is 2.70. The van der Waals surface area contributed by atoms with Crippen LogP contribution in [0.4, 0.5) is 10.3 Å². The molecule has 0 spiro atoms. The Kier molecular flexibility index (Phi) is 6.29. The second-order valence-corrected chi connectivity index (χ2v) is 9.34. The van der Waals surface area contributed by atoms with E-state index < -0.39 is 5.95 Å². The van der Waals surface area contributed by atoms with Crippen LogP contribution in [-0.2, 0) is 6.42 Å². The highest BCUT2D eigenvalue weighted by Crippen LogP contribution is 2.29. The van der Waals surface area contributed by atoms with E-state index in [1.165, 1.54) is 23.1 Å². The number of rotatable bonds is 7. The molecule has 34 heavy (non-hydrogen) atoms. The van der Waals surface area contributed by atoms with Gasteiger partial charge in [-0.05, 0) is 60.3 Å². The van der Waals surface area contributed by atoms with Gasteiger partial charge < -0.3 is 9.64 Å². The highest BCUT2D eigenvalue weighted by Gasteiger charge is 2.18. The zero-order valence-corrected chi connectivity index (χ0v) is 20.5. The van der Waals surface area contributed by atoms with Crippen molar-refractivity contribution in [3.05, 3.63) is 66.2 Å². The van der Waals surface area contributed by atoms with Gasteiger partial charge in [-0.3, -0.25) is 0 Å². The summed E-state index contributed by atoms with van der Waals surface area (Å²) < 4.78 is 22.0. The van der Waals surface area contributed by atoms with E-state index >= 15 is 0 Å². The molecule has 1 atom stereocenters. The van der Waals surface area contributed by atoms with E-state index in [9.17, 15) is 4.39 Å². The monoisotopic (exact) mass is 495 g/mol. The van der Waals surface area contributed by atoms with Gasteiger partial charge in [-0.2, -0.15) is 4.39 Å². The molecule has 5 heterocycles. The van der Waals surface area contributed by atoms with Crippen molar-refractivity contribution in [1.82, 2.24) is 29.5 Å². The van der Waals surface area contributed by atoms with Crippen molar-refractivity contribution in [2.75, 3.05) is 17.7 Å². The third-order valence-corrected chi connectivity index (χ3v) is 6.87. The number of anilines is 1. The van der Waals surface area contributed by atoms with Gasteiger partial charge in [-0.15, -0.1) is 16.9 Å². The SMILES string of the molecule is CCc1cnc(N2C=CC([C@H](C)Oc3nn4cc(-c5ccc(SC)nc5F)nc4s3)=CC2)nc1. The zero-order chi connectivity index (χ0) is 23.7. The van der Waals surface area contributed by atoms with Crippen LogP contribution in [0.5, 0.6) is 5.19 Å². The predicted octanol–water partition coefficient (Wildman–Crippen LogP) is 4.79. The van der Waals surface area contributed by atoms with Gasteiger partial charge in [0.05, 0.1) is 22.5 Å². The van der Waals surface area contributed by atoms with Crippen LogP contribution in [0.15, 0.2) is 59.7 Å². The van der Waals surface area contributed by atoms with E-state index in [0.717, 1.165) is 17.6 Å². The summed E-state index contributed by atoms with van der Waals surface area (Å²) in [6.07, 6.45) is 14.0. The van der Waals surface area contributed by atoms with E-state index in [1.54, 1.807) is 22.8 Å². The fourth-order valence-corrected chi connectivity index (χ4v) is 4.62. The summed E-state index contributed by atoms with van der Waals surface area (Å²) in [5, 5.41) is 5.58. The van der Waals surface area contributed by atoms with Crippen molar-refractivity contribution >= 4 is 34.0 Å². The molecular formula is C23H22FN7OS2. The van der Waals surface area contributed by atoms with Crippen LogP contribution in [0.25, 0.3) is 16.2 Å². The highest BCUT2D eigenvalue weighted by atomic mass is 32.2. The molecule has 5 rings (SSSR count). The molecule has 0 N–H and O–H groups in total. The maximum Gasteiger partial charge on any atom is 0.294 e. The highest BCUT2D eigenvalue weighted by molar-refractivity contribution is 7.98. The summed E-state index contributed by atoms with van der Waals surface area (Å²) in [5.41, 5.74) is 2.99. The van der Waals surface area contributed by atoms with Gasteiger partial charge in [0.1, 0.15) is 6.10 Å². The summed E-state index contributed by atoms with van der Waals surface area (Å²) in [7, 11) is 0. The number of hydrogen-bond donors (Lipinski definition) is 0. The van der Waals surface area contributed by atoms with Gasteiger partial charge in [0.15, 0.2) is 0 Å². The lowest BCUT2D eigenvalue weighted by Gasteiger charge is -2.23. The van der Waals surface area contributed by atoms with Gasteiger partial charge >= 0.3 is 0 Å². The topological polar surface area (TPSA) is 81.3 Å². The minimum Gasteiger partial charge on any atom is -0.461 e. The van der Waals surface area contributed by atoms with Crippen molar-refractivity contribution < 1.29 is 9.13 Å². The van der Waals surface area contributed by atoms with Gasteiger partial charge in [0, 0.05) is 25.1 Å². The number of fused-ring (bicyclic) bond motifs is 1. The number of hydrogen-bond acceptors (Lipinski definition) is 9. The number of ether oxygens (including phenoxy) is 1. The van der Waals surface area contributed by atoms with Crippen molar-refractivity contribution in [3.8, 4) is 16.5 Å². The molecule has 1 aliphatic rings. The summed E-state index contributed by atoms with van der Waals surface area (Å²) in [5.74, 6) is 0.128. The minimum absolute atomic E-state index is 0.196. The molecule has 174 valence electrons. The standard InChI is InChI=1S/C23H22FN7OS2/c1-4-15-11-25-21(26-12-15)30-9-7-16(8-10-30)14(2)32-23-29-31-13-18(27-22(31)34-23)17-5-6-19(33-3)28-20(17)24/h5-9,11-14H,4,10H2,1-3H3/t14-/m0/s1. The number of aryl methyl sites for hydroxylation is 1. The molecule has 1 aliphatic heterocycles. The van der Waals surface area contributed by atoms with E-state index in [1.807, 2.05) is 42.7 Å². The van der Waals surface area contributed by atoms with E-state index in [4.69, 9.17) is 4.74 Å². The molecule has 4 aromatic heterocycles. The molecule has 0 saturated heterocycles. The van der Waals surface area contributed by atoms with Crippen LogP contribution >= 0.6 is 23.1 Å². The Morgan fingerprint density at radius 3 is 2.71 bits per heavy atom. The maximum absolute atomic E-state index is 14.3. The molecule has 0 fully saturated rings. The van der Waals surface area contributed by atoms with Crippen LogP contribution in [0.2, 0.25) is 0 Å². The van der Waals surface area contributed by atoms with E-state index in [0.29, 0.717) is 38.9 Å². The molecule has 11 heteroatoms. The Labute approximate surface area is 204 Å². The summed E-state index contributed by atoms with van der Waals surface area (Å²) in [6.45, 7) is 4.71.